The van der Waals surface area contributed by atoms with Gasteiger partial charge in [0.05, 0.1) is 0 Å². The summed E-state index contributed by atoms with van der Waals surface area (Å²) in [4.78, 5) is 22.4. The third-order valence-corrected chi connectivity index (χ3v) is 4.56. The number of carbonyl (C=O) groups excluding carboxylic acids is 1. The molecule has 0 spiro atoms. The summed E-state index contributed by atoms with van der Waals surface area (Å²) in [5.41, 5.74) is 0.908. The van der Waals surface area contributed by atoms with Gasteiger partial charge in [0.1, 0.15) is 0 Å². The Kier molecular flexibility index (Phi) is 6.87. The summed E-state index contributed by atoms with van der Waals surface area (Å²) in [6, 6.07) is 7.44. The maximum Gasteiger partial charge on any atom is 0.314 e. The first-order valence-electron chi connectivity index (χ1n) is 8.09. The lowest BCUT2D eigenvalue weighted by molar-refractivity contribution is -0.137. The molecule has 0 radical (unpaired) electrons. The van der Waals surface area contributed by atoms with E-state index in [1.807, 2.05) is 24.3 Å². The number of benzene rings is 1. The van der Waals surface area contributed by atoms with Gasteiger partial charge < -0.3 is 20.5 Å². The van der Waals surface area contributed by atoms with Crippen molar-refractivity contribution >= 4 is 23.6 Å². The number of carboxylic acids is 1. The number of hydrogen-bond acceptors (Lipinski definition) is 3. The second kappa shape index (κ2) is 8.89. The normalized spacial score (nSPS) is 16.4. The Balaban J connectivity index is 1.92. The molecule has 3 N–H and O–H groups in total. The molecule has 0 unspecified atom stereocenters. The van der Waals surface area contributed by atoms with E-state index >= 15 is 0 Å². The first kappa shape index (κ1) is 18.5. The van der Waals surface area contributed by atoms with Crippen LogP contribution in [0.15, 0.2) is 24.3 Å². The SMILES string of the molecule is O=C(O)CCCNC(=O)NCC1(c2cccc(Cl)c2)CCOCC1. The van der Waals surface area contributed by atoms with Crippen molar-refractivity contribution in [1.82, 2.24) is 10.6 Å². The van der Waals surface area contributed by atoms with E-state index in [0.717, 1.165) is 18.4 Å². The molecule has 6 nitrogen and oxygen atoms in total. The van der Waals surface area contributed by atoms with Crippen LogP contribution in [0.3, 0.4) is 0 Å². The first-order chi connectivity index (χ1) is 11.5. The van der Waals surface area contributed by atoms with Gasteiger partial charge in [-0.25, -0.2) is 4.79 Å². The van der Waals surface area contributed by atoms with Crippen LogP contribution in [0, 0.1) is 0 Å². The highest BCUT2D eigenvalue weighted by Crippen LogP contribution is 2.35. The summed E-state index contributed by atoms with van der Waals surface area (Å²) in [6.45, 7) is 2.12. The number of hydrogen-bond donors (Lipinski definition) is 3. The summed E-state index contributed by atoms with van der Waals surface area (Å²) in [6.07, 6.45) is 2.08. The highest BCUT2D eigenvalue weighted by atomic mass is 35.5. The van der Waals surface area contributed by atoms with Crippen molar-refractivity contribution in [3.63, 3.8) is 0 Å². The topological polar surface area (TPSA) is 87.7 Å². The van der Waals surface area contributed by atoms with Crippen molar-refractivity contribution in [2.24, 2.45) is 0 Å². The lowest BCUT2D eigenvalue weighted by Crippen LogP contribution is -2.47. The van der Waals surface area contributed by atoms with Crippen molar-refractivity contribution in [1.29, 1.82) is 0 Å². The van der Waals surface area contributed by atoms with Gasteiger partial charge in [0.2, 0.25) is 0 Å². The predicted molar refractivity (Wildman–Crippen MR) is 91.5 cm³/mol. The monoisotopic (exact) mass is 354 g/mol. The lowest BCUT2D eigenvalue weighted by atomic mass is 9.74. The molecule has 1 aromatic rings. The van der Waals surface area contributed by atoms with Crippen LogP contribution < -0.4 is 10.6 Å². The fourth-order valence-corrected chi connectivity index (χ4v) is 3.09. The molecule has 0 atom stereocenters. The molecule has 1 aromatic carbocycles. The number of halogens is 1. The van der Waals surface area contributed by atoms with Crippen LogP contribution in [0.2, 0.25) is 5.02 Å². The van der Waals surface area contributed by atoms with Gasteiger partial charge in [-0.3, -0.25) is 4.79 Å². The number of carbonyl (C=O) groups is 2. The lowest BCUT2D eigenvalue weighted by Gasteiger charge is -2.38. The molecule has 0 bridgehead atoms. The number of rotatable bonds is 7. The summed E-state index contributed by atoms with van der Waals surface area (Å²) in [5, 5.41) is 14.9. The molecule has 2 amide bonds. The average molecular weight is 355 g/mol. The zero-order valence-electron chi connectivity index (χ0n) is 13.5. The van der Waals surface area contributed by atoms with E-state index in [1.165, 1.54) is 0 Å². The van der Waals surface area contributed by atoms with Crippen LogP contribution in [0.25, 0.3) is 0 Å². The van der Waals surface area contributed by atoms with E-state index in [0.29, 0.717) is 37.7 Å². The number of nitrogens with one attached hydrogen (secondary N) is 2. The number of amides is 2. The summed E-state index contributed by atoms with van der Waals surface area (Å²) < 4.78 is 5.47. The van der Waals surface area contributed by atoms with Crippen LogP contribution in [-0.2, 0) is 14.9 Å². The molecule has 0 aliphatic carbocycles. The molecule has 1 heterocycles. The third-order valence-electron chi connectivity index (χ3n) is 4.33. The smallest absolute Gasteiger partial charge is 0.314 e. The van der Waals surface area contributed by atoms with E-state index in [2.05, 4.69) is 10.6 Å². The second-order valence-electron chi connectivity index (χ2n) is 6.01. The van der Waals surface area contributed by atoms with Crippen LogP contribution in [0.1, 0.15) is 31.2 Å². The van der Waals surface area contributed by atoms with Gasteiger partial charge in [-0.15, -0.1) is 0 Å². The van der Waals surface area contributed by atoms with Crippen LogP contribution >= 0.6 is 11.6 Å². The van der Waals surface area contributed by atoms with Gasteiger partial charge in [-0.1, -0.05) is 23.7 Å². The molecule has 1 fully saturated rings. The van der Waals surface area contributed by atoms with E-state index in [1.54, 1.807) is 0 Å². The molecular formula is C17H23ClN2O4. The van der Waals surface area contributed by atoms with Gasteiger partial charge in [-0.05, 0) is 37.0 Å². The minimum atomic E-state index is -0.862. The number of carboxylic acid groups (broad SMARTS) is 1. The van der Waals surface area contributed by atoms with Crippen molar-refractivity contribution in [2.45, 2.75) is 31.1 Å². The molecule has 1 aliphatic heterocycles. The Morgan fingerprint density at radius 3 is 2.67 bits per heavy atom. The predicted octanol–water partition coefficient (Wildman–Crippen LogP) is 2.55. The molecule has 1 aliphatic rings. The zero-order chi connectivity index (χ0) is 17.4. The number of ether oxygens (including phenoxy) is 1. The van der Waals surface area contributed by atoms with Gasteiger partial charge in [0.25, 0.3) is 0 Å². The van der Waals surface area contributed by atoms with Crippen LogP contribution in [0.5, 0.6) is 0 Å². The minimum absolute atomic E-state index is 0.0457. The van der Waals surface area contributed by atoms with Crippen molar-refractivity contribution < 1.29 is 19.4 Å². The quantitative estimate of drug-likeness (QED) is 0.657. The largest absolute Gasteiger partial charge is 0.481 e. The molecule has 132 valence electrons. The summed E-state index contributed by atoms with van der Waals surface area (Å²) in [7, 11) is 0. The Labute approximate surface area is 146 Å². The number of urea groups is 1. The van der Waals surface area contributed by atoms with E-state index < -0.39 is 5.97 Å². The molecule has 0 aromatic heterocycles. The van der Waals surface area contributed by atoms with Crippen molar-refractivity contribution in [3.8, 4) is 0 Å². The highest BCUT2D eigenvalue weighted by Gasteiger charge is 2.35. The van der Waals surface area contributed by atoms with Crippen molar-refractivity contribution in [3.05, 3.63) is 34.9 Å². The van der Waals surface area contributed by atoms with E-state index in [9.17, 15) is 9.59 Å². The van der Waals surface area contributed by atoms with Gasteiger partial charge in [0.15, 0.2) is 0 Å². The number of aliphatic carboxylic acids is 1. The Hall–Kier alpha value is -1.79. The van der Waals surface area contributed by atoms with Crippen molar-refractivity contribution in [2.75, 3.05) is 26.3 Å². The van der Waals surface area contributed by atoms with Gasteiger partial charge >= 0.3 is 12.0 Å². The Morgan fingerprint density at radius 2 is 2.00 bits per heavy atom. The van der Waals surface area contributed by atoms with Crippen LogP contribution in [0.4, 0.5) is 4.79 Å². The minimum Gasteiger partial charge on any atom is -0.481 e. The molecule has 0 saturated carbocycles. The van der Waals surface area contributed by atoms with Gasteiger partial charge in [0, 0.05) is 43.2 Å². The summed E-state index contributed by atoms with van der Waals surface area (Å²) in [5.74, 6) is -0.862. The zero-order valence-corrected chi connectivity index (χ0v) is 14.3. The Morgan fingerprint density at radius 1 is 1.25 bits per heavy atom. The Bertz CT molecular complexity index is 573. The fourth-order valence-electron chi connectivity index (χ4n) is 2.90. The van der Waals surface area contributed by atoms with Crippen LogP contribution in [-0.4, -0.2) is 43.4 Å². The average Bonchev–Trinajstić information content (AvgIpc) is 2.57. The maximum absolute atomic E-state index is 11.9. The molecule has 1 saturated heterocycles. The molecule has 24 heavy (non-hydrogen) atoms. The standard InChI is InChI=1S/C17H23ClN2O4/c18-14-4-1-3-13(11-14)17(6-9-24-10-7-17)12-20-16(23)19-8-2-5-15(21)22/h1,3-4,11H,2,5-10,12H2,(H,21,22)(H2,19,20,23). The molecule has 2 rings (SSSR count). The summed E-state index contributed by atoms with van der Waals surface area (Å²) >= 11 is 6.12. The van der Waals surface area contributed by atoms with E-state index in [4.69, 9.17) is 21.4 Å². The first-order valence-corrected chi connectivity index (χ1v) is 8.47. The second-order valence-corrected chi connectivity index (χ2v) is 6.45. The highest BCUT2D eigenvalue weighted by molar-refractivity contribution is 6.30. The van der Waals surface area contributed by atoms with Gasteiger partial charge in [-0.2, -0.15) is 0 Å². The van der Waals surface area contributed by atoms with E-state index in [-0.39, 0.29) is 17.9 Å². The maximum atomic E-state index is 11.9. The molecule has 7 heteroatoms. The molecular weight excluding hydrogens is 332 g/mol. The fraction of sp³-hybridized carbons (Fsp3) is 0.529. The third kappa shape index (κ3) is 5.39.